The van der Waals surface area contributed by atoms with Crippen LogP contribution in [0.1, 0.15) is 5.82 Å². The number of anilines is 1. The highest BCUT2D eigenvalue weighted by Gasteiger charge is 2.12. The molecule has 5 heteroatoms. The van der Waals surface area contributed by atoms with Gasteiger partial charge in [0.2, 0.25) is 5.13 Å². The smallest absolute Gasteiger partial charge is 0.202 e. The molecule has 1 heterocycles. The number of aryl methyl sites for hydroxylation is 1. The molecule has 1 aromatic heterocycles. The summed E-state index contributed by atoms with van der Waals surface area (Å²) in [5, 5.41) is 4.26. The zero-order valence-corrected chi connectivity index (χ0v) is 10.5. The summed E-state index contributed by atoms with van der Waals surface area (Å²) in [6.07, 6.45) is 0. The Morgan fingerprint density at radius 2 is 2.08 bits per heavy atom. The van der Waals surface area contributed by atoms with Crippen molar-refractivity contribution in [3.8, 4) is 0 Å². The number of aromatic nitrogens is 2. The molecule has 0 aromatic carbocycles. The highest BCUT2D eigenvalue weighted by Crippen LogP contribution is 2.12. The first-order chi connectivity index (χ1) is 5.97. The van der Waals surface area contributed by atoms with Crippen LogP contribution < -0.4 is 5.32 Å². The number of nitrogens with one attached hydrogen (secondary N) is 1. The van der Waals surface area contributed by atoms with Crippen molar-refractivity contribution in [1.82, 2.24) is 9.36 Å². The second-order valence-electron chi connectivity index (χ2n) is 4.38. The van der Waals surface area contributed by atoms with E-state index in [0.29, 0.717) is 0 Å². The molecule has 1 N–H and O–H groups in total. The van der Waals surface area contributed by atoms with Crippen molar-refractivity contribution in [2.75, 3.05) is 11.9 Å². The lowest BCUT2D eigenvalue weighted by Crippen LogP contribution is -2.23. The first-order valence-corrected chi connectivity index (χ1v) is 9.00. The molecule has 0 aliphatic carbocycles. The van der Waals surface area contributed by atoms with Gasteiger partial charge in [-0.3, -0.25) is 0 Å². The molecule has 0 bridgehead atoms. The van der Waals surface area contributed by atoms with E-state index in [9.17, 15) is 0 Å². The van der Waals surface area contributed by atoms with Gasteiger partial charge in [0.05, 0.1) is 0 Å². The maximum atomic E-state index is 4.24. The molecule has 0 unspecified atom stereocenters. The van der Waals surface area contributed by atoms with Gasteiger partial charge in [0.1, 0.15) is 5.82 Å². The molecule has 0 atom stereocenters. The van der Waals surface area contributed by atoms with Gasteiger partial charge < -0.3 is 5.32 Å². The van der Waals surface area contributed by atoms with E-state index in [1.54, 1.807) is 0 Å². The van der Waals surface area contributed by atoms with Crippen molar-refractivity contribution < 1.29 is 0 Å². The molecule has 0 saturated heterocycles. The van der Waals surface area contributed by atoms with Gasteiger partial charge in [0, 0.05) is 26.2 Å². The van der Waals surface area contributed by atoms with Crippen LogP contribution in [0.3, 0.4) is 0 Å². The molecule has 3 nitrogen and oxygen atoms in total. The topological polar surface area (TPSA) is 37.8 Å². The van der Waals surface area contributed by atoms with Crippen LogP contribution in [-0.4, -0.2) is 24.0 Å². The van der Waals surface area contributed by atoms with Crippen LogP contribution in [0.2, 0.25) is 25.7 Å². The van der Waals surface area contributed by atoms with Crippen molar-refractivity contribution >= 4 is 24.7 Å². The summed E-state index contributed by atoms with van der Waals surface area (Å²) >= 11 is 1.44. The normalized spacial score (nSPS) is 11.7. The summed E-state index contributed by atoms with van der Waals surface area (Å²) in [4.78, 5) is 4.24. The van der Waals surface area contributed by atoms with Crippen molar-refractivity contribution in [2.24, 2.45) is 0 Å². The number of hydrogen-bond donors (Lipinski definition) is 1. The van der Waals surface area contributed by atoms with E-state index in [1.807, 2.05) is 6.92 Å². The van der Waals surface area contributed by atoms with Gasteiger partial charge in [-0.2, -0.15) is 4.37 Å². The average Bonchev–Trinajstić information content (AvgIpc) is 2.33. The van der Waals surface area contributed by atoms with E-state index in [1.165, 1.54) is 17.6 Å². The van der Waals surface area contributed by atoms with Crippen molar-refractivity contribution in [2.45, 2.75) is 32.6 Å². The van der Waals surface area contributed by atoms with Crippen LogP contribution in [0, 0.1) is 6.92 Å². The molecule has 0 aliphatic rings. The fourth-order valence-electron chi connectivity index (χ4n) is 0.913. The molecule has 0 saturated carbocycles. The number of nitrogens with zero attached hydrogens (tertiary/aromatic N) is 2. The van der Waals surface area contributed by atoms with E-state index >= 15 is 0 Å². The number of rotatable bonds is 4. The predicted molar refractivity (Wildman–Crippen MR) is 61.3 cm³/mol. The number of hydrogen-bond acceptors (Lipinski definition) is 4. The van der Waals surface area contributed by atoms with Crippen LogP contribution >= 0.6 is 11.5 Å². The molecule has 0 fully saturated rings. The summed E-state index contributed by atoms with van der Waals surface area (Å²) in [5.41, 5.74) is 0. The second-order valence-corrected chi connectivity index (χ2v) is 10.8. The van der Waals surface area contributed by atoms with Gasteiger partial charge >= 0.3 is 0 Å². The molecular weight excluding hydrogens is 198 g/mol. The second kappa shape index (κ2) is 4.19. The molecule has 74 valence electrons. The van der Waals surface area contributed by atoms with Crippen LogP contribution in [0.15, 0.2) is 0 Å². The molecule has 0 spiro atoms. The Bertz CT molecular complexity index is 267. The first kappa shape index (κ1) is 10.7. The summed E-state index contributed by atoms with van der Waals surface area (Å²) in [6.45, 7) is 10.1. The third-order valence-electron chi connectivity index (χ3n) is 1.68. The molecule has 1 aromatic rings. The molecule has 0 amide bonds. The van der Waals surface area contributed by atoms with Crippen LogP contribution in [0.4, 0.5) is 5.13 Å². The molecule has 1 rings (SSSR count). The maximum Gasteiger partial charge on any atom is 0.202 e. The summed E-state index contributed by atoms with van der Waals surface area (Å²) in [5.74, 6) is 0.862. The largest absolute Gasteiger partial charge is 0.361 e. The molecule has 0 radical (unpaired) electrons. The van der Waals surface area contributed by atoms with E-state index in [4.69, 9.17) is 0 Å². The fourth-order valence-corrected chi connectivity index (χ4v) is 2.39. The average molecular weight is 215 g/mol. The zero-order valence-electron chi connectivity index (χ0n) is 8.72. The summed E-state index contributed by atoms with van der Waals surface area (Å²) < 4.78 is 4.11. The maximum absolute atomic E-state index is 4.24. The Balaban J connectivity index is 2.28. The third kappa shape index (κ3) is 4.38. The van der Waals surface area contributed by atoms with Gasteiger partial charge in [0.15, 0.2) is 0 Å². The Labute approximate surface area is 84.8 Å². The molecular formula is C8H17N3SSi. The van der Waals surface area contributed by atoms with Gasteiger partial charge in [-0.25, -0.2) is 4.98 Å². The Morgan fingerprint density at radius 1 is 1.38 bits per heavy atom. The Kier molecular flexibility index (Phi) is 3.44. The minimum atomic E-state index is -0.910. The lowest BCUT2D eigenvalue weighted by atomic mass is 10.7. The van der Waals surface area contributed by atoms with Crippen molar-refractivity contribution in [1.29, 1.82) is 0 Å². The van der Waals surface area contributed by atoms with E-state index < -0.39 is 8.07 Å². The molecule has 13 heavy (non-hydrogen) atoms. The SMILES string of the molecule is Cc1nsc(NCC[Si](C)(C)C)n1. The zero-order chi connectivity index (χ0) is 9.90. The predicted octanol–water partition coefficient (Wildman–Crippen LogP) is 2.60. The standard InChI is InChI=1S/C8H17N3SSi/c1-7-10-8(12-11-7)9-5-6-13(2,3)4/h5-6H2,1-4H3,(H,9,10,11). The Hall–Kier alpha value is -0.423. The van der Waals surface area contributed by atoms with Crippen molar-refractivity contribution in [3.63, 3.8) is 0 Å². The van der Waals surface area contributed by atoms with Crippen molar-refractivity contribution in [3.05, 3.63) is 5.82 Å². The van der Waals surface area contributed by atoms with E-state index in [-0.39, 0.29) is 0 Å². The quantitative estimate of drug-likeness (QED) is 0.785. The fraction of sp³-hybridized carbons (Fsp3) is 0.750. The first-order valence-electron chi connectivity index (χ1n) is 4.51. The summed E-state index contributed by atoms with van der Waals surface area (Å²) in [7, 11) is -0.910. The van der Waals surface area contributed by atoms with Crippen LogP contribution in [0.25, 0.3) is 0 Å². The highest BCUT2D eigenvalue weighted by atomic mass is 32.1. The monoisotopic (exact) mass is 215 g/mol. The van der Waals surface area contributed by atoms with Crippen LogP contribution in [0.5, 0.6) is 0 Å². The minimum absolute atomic E-state index is 0.862. The highest BCUT2D eigenvalue weighted by molar-refractivity contribution is 7.09. The molecule has 0 aliphatic heterocycles. The van der Waals surface area contributed by atoms with Gasteiger partial charge in [-0.15, -0.1) is 0 Å². The Morgan fingerprint density at radius 3 is 2.54 bits per heavy atom. The van der Waals surface area contributed by atoms with Gasteiger partial charge in [-0.05, 0) is 13.0 Å². The third-order valence-corrected chi connectivity index (χ3v) is 4.19. The lowest BCUT2D eigenvalue weighted by molar-refractivity contribution is 1.11. The van der Waals surface area contributed by atoms with Gasteiger partial charge in [0.25, 0.3) is 0 Å². The lowest BCUT2D eigenvalue weighted by Gasteiger charge is -2.14. The summed E-state index contributed by atoms with van der Waals surface area (Å²) in [6, 6.07) is 1.28. The van der Waals surface area contributed by atoms with Gasteiger partial charge in [-0.1, -0.05) is 19.6 Å². The van der Waals surface area contributed by atoms with E-state index in [2.05, 4.69) is 34.3 Å². The minimum Gasteiger partial charge on any atom is -0.361 e. The van der Waals surface area contributed by atoms with Crippen LogP contribution in [-0.2, 0) is 0 Å². The van der Waals surface area contributed by atoms with E-state index in [0.717, 1.165) is 17.5 Å².